The van der Waals surface area contributed by atoms with Crippen molar-refractivity contribution in [3.8, 4) is 11.4 Å². The van der Waals surface area contributed by atoms with Crippen molar-refractivity contribution in [3.63, 3.8) is 0 Å². The molecule has 1 aliphatic rings. The highest BCUT2D eigenvalue weighted by Crippen LogP contribution is 2.25. The molecule has 4 rings (SSSR count). The number of benzene rings is 1. The third-order valence-corrected chi connectivity index (χ3v) is 4.90. The quantitative estimate of drug-likeness (QED) is 0.590. The number of aryl methyl sites for hydroxylation is 1. The highest BCUT2D eigenvalue weighted by Gasteiger charge is 2.16. The standard InChI is InChI=1S/C21H27N7O/c1-14-12-20(27-26-14)23-19-13-18(22-16-8-10-29-11-9-16)24-21(25-19)15-4-6-17(7-5-15)28(2)3/h4-7,12-13,16H,8-11H2,1-3H3,(H3,22,23,24,25,26,27). The second-order valence-electron chi connectivity index (χ2n) is 7.50. The van der Waals surface area contributed by atoms with Gasteiger partial charge in [0.1, 0.15) is 11.6 Å². The minimum atomic E-state index is 0.350. The summed E-state index contributed by atoms with van der Waals surface area (Å²) >= 11 is 0. The van der Waals surface area contributed by atoms with Crippen molar-refractivity contribution in [1.29, 1.82) is 0 Å². The van der Waals surface area contributed by atoms with Crippen LogP contribution < -0.4 is 15.5 Å². The number of aromatic amines is 1. The molecule has 8 nitrogen and oxygen atoms in total. The van der Waals surface area contributed by atoms with Crippen LogP contribution in [0.1, 0.15) is 18.5 Å². The van der Waals surface area contributed by atoms with E-state index < -0.39 is 0 Å². The van der Waals surface area contributed by atoms with Crippen LogP contribution in [0.4, 0.5) is 23.1 Å². The van der Waals surface area contributed by atoms with Gasteiger partial charge in [0.25, 0.3) is 0 Å². The first-order chi connectivity index (χ1) is 14.1. The molecule has 3 aromatic rings. The molecular formula is C21H27N7O. The van der Waals surface area contributed by atoms with Crippen molar-refractivity contribution < 1.29 is 4.74 Å². The summed E-state index contributed by atoms with van der Waals surface area (Å²) in [4.78, 5) is 11.6. The number of H-pyrrole nitrogens is 1. The predicted octanol–water partition coefficient (Wildman–Crippen LogP) is 3.58. The third kappa shape index (κ3) is 4.83. The van der Waals surface area contributed by atoms with Crippen molar-refractivity contribution in [2.75, 3.05) is 42.8 Å². The average molecular weight is 393 g/mol. The van der Waals surface area contributed by atoms with E-state index in [-0.39, 0.29) is 0 Å². The summed E-state index contributed by atoms with van der Waals surface area (Å²) in [5.41, 5.74) is 3.09. The molecule has 1 aliphatic heterocycles. The number of nitrogens with zero attached hydrogens (tertiary/aromatic N) is 4. The highest BCUT2D eigenvalue weighted by molar-refractivity contribution is 5.66. The highest BCUT2D eigenvalue weighted by atomic mass is 16.5. The van der Waals surface area contributed by atoms with Gasteiger partial charge in [0.2, 0.25) is 0 Å². The minimum Gasteiger partial charge on any atom is -0.381 e. The van der Waals surface area contributed by atoms with Gasteiger partial charge in [-0.25, -0.2) is 9.97 Å². The number of hydrogen-bond donors (Lipinski definition) is 3. The minimum absolute atomic E-state index is 0.350. The Balaban J connectivity index is 1.64. The van der Waals surface area contributed by atoms with Crippen molar-refractivity contribution >= 4 is 23.1 Å². The molecule has 0 spiro atoms. The van der Waals surface area contributed by atoms with Gasteiger partial charge >= 0.3 is 0 Å². The van der Waals surface area contributed by atoms with Crippen LogP contribution in [-0.4, -0.2) is 53.5 Å². The van der Waals surface area contributed by atoms with Crippen LogP contribution in [0.25, 0.3) is 11.4 Å². The summed E-state index contributed by atoms with van der Waals surface area (Å²) in [6.07, 6.45) is 1.94. The van der Waals surface area contributed by atoms with E-state index in [1.54, 1.807) is 0 Å². The average Bonchev–Trinajstić information content (AvgIpc) is 3.13. The van der Waals surface area contributed by atoms with Crippen molar-refractivity contribution in [2.24, 2.45) is 0 Å². The fourth-order valence-electron chi connectivity index (χ4n) is 3.29. The van der Waals surface area contributed by atoms with Gasteiger partial charge in [-0.3, -0.25) is 5.10 Å². The van der Waals surface area contributed by atoms with Gasteiger partial charge in [-0.15, -0.1) is 0 Å². The maximum Gasteiger partial charge on any atom is 0.163 e. The molecule has 29 heavy (non-hydrogen) atoms. The molecule has 0 unspecified atom stereocenters. The van der Waals surface area contributed by atoms with Gasteiger partial charge in [0.05, 0.1) is 0 Å². The summed E-state index contributed by atoms with van der Waals surface area (Å²) in [5, 5.41) is 14.0. The Labute approximate surface area is 170 Å². The van der Waals surface area contributed by atoms with E-state index in [1.807, 2.05) is 45.3 Å². The molecular weight excluding hydrogens is 366 g/mol. The Hall–Kier alpha value is -3.13. The maximum absolute atomic E-state index is 5.47. The van der Waals surface area contributed by atoms with Gasteiger partial charge in [0.15, 0.2) is 11.6 Å². The summed E-state index contributed by atoms with van der Waals surface area (Å²) < 4.78 is 5.47. The van der Waals surface area contributed by atoms with Crippen molar-refractivity contribution in [2.45, 2.75) is 25.8 Å². The van der Waals surface area contributed by atoms with Gasteiger partial charge in [0, 0.05) is 62.4 Å². The third-order valence-electron chi connectivity index (χ3n) is 4.90. The fraction of sp³-hybridized carbons (Fsp3) is 0.381. The number of anilines is 4. The molecule has 152 valence electrons. The lowest BCUT2D eigenvalue weighted by Crippen LogP contribution is -2.28. The van der Waals surface area contributed by atoms with Crippen LogP contribution in [0, 0.1) is 6.92 Å². The molecule has 3 N–H and O–H groups in total. The second kappa shape index (κ2) is 8.48. The number of hydrogen-bond acceptors (Lipinski definition) is 7. The van der Waals surface area contributed by atoms with Crippen LogP contribution in [-0.2, 0) is 4.74 Å². The van der Waals surface area contributed by atoms with E-state index in [4.69, 9.17) is 14.7 Å². The first-order valence-corrected chi connectivity index (χ1v) is 9.87. The van der Waals surface area contributed by atoms with E-state index in [9.17, 15) is 0 Å². The molecule has 0 bridgehead atoms. The molecule has 2 aromatic heterocycles. The fourth-order valence-corrected chi connectivity index (χ4v) is 3.29. The molecule has 0 amide bonds. The number of aromatic nitrogens is 4. The molecule has 0 aliphatic carbocycles. The smallest absolute Gasteiger partial charge is 0.163 e. The summed E-state index contributed by atoms with van der Waals surface area (Å²) in [7, 11) is 4.05. The lowest BCUT2D eigenvalue weighted by atomic mass is 10.1. The number of nitrogens with one attached hydrogen (secondary N) is 3. The summed E-state index contributed by atoms with van der Waals surface area (Å²) in [6.45, 7) is 3.52. The molecule has 1 fully saturated rings. The zero-order chi connectivity index (χ0) is 20.2. The molecule has 1 saturated heterocycles. The van der Waals surface area contributed by atoms with Crippen molar-refractivity contribution in [3.05, 3.63) is 42.1 Å². The molecule has 0 radical (unpaired) electrons. The van der Waals surface area contributed by atoms with E-state index in [0.29, 0.717) is 17.7 Å². The topological polar surface area (TPSA) is 91.0 Å². The van der Waals surface area contributed by atoms with Gasteiger partial charge in [-0.1, -0.05) is 0 Å². The van der Waals surface area contributed by atoms with E-state index in [2.05, 4.69) is 37.9 Å². The second-order valence-corrected chi connectivity index (χ2v) is 7.50. The largest absolute Gasteiger partial charge is 0.381 e. The monoisotopic (exact) mass is 393 g/mol. The number of rotatable bonds is 6. The molecule has 8 heteroatoms. The maximum atomic E-state index is 5.47. The van der Waals surface area contributed by atoms with Crippen LogP contribution in [0.5, 0.6) is 0 Å². The summed E-state index contributed by atoms with van der Waals surface area (Å²) in [6, 6.07) is 12.5. The zero-order valence-electron chi connectivity index (χ0n) is 17.1. The Kier molecular flexibility index (Phi) is 5.62. The van der Waals surface area contributed by atoms with Crippen LogP contribution >= 0.6 is 0 Å². The lowest BCUT2D eigenvalue weighted by molar-refractivity contribution is 0.0904. The molecule has 3 heterocycles. The zero-order valence-corrected chi connectivity index (χ0v) is 17.1. The van der Waals surface area contributed by atoms with E-state index >= 15 is 0 Å². The van der Waals surface area contributed by atoms with Gasteiger partial charge in [-0.05, 0) is 44.0 Å². The molecule has 0 saturated carbocycles. The Bertz CT molecular complexity index is 946. The first kappa shape index (κ1) is 19.2. The van der Waals surface area contributed by atoms with Crippen molar-refractivity contribution in [1.82, 2.24) is 20.2 Å². The predicted molar refractivity (Wildman–Crippen MR) is 116 cm³/mol. The Morgan fingerprint density at radius 2 is 1.72 bits per heavy atom. The molecule has 0 atom stereocenters. The van der Waals surface area contributed by atoms with Gasteiger partial charge < -0.3 is 20.3 Å². The molecule has 1 aromatic carbocycles. The van der Waals surface area contributed by atoms with Crippen LogP contribution in [0.3, 0.4) is 0 Å². The van der Waals surface area contributed by atoms with Crippen LogP contribution in [0.2, 0.25) is 0 Å². The number of ether oxygens (including phenoxy) is 1. The Morgan fingerprint density at radius 3 is 2.38 bits per heavy atom. The van der Waals surface area contributed by atoms with E-state index in [0.717, 1.165) is 54.6 Å². The summed E-state index contributed by atoms with van der Waals surface area (Å²) in [5.74, 6) is 2.90. The lowest BCUT2D eigenvalue weighted by Gasteiger charge is -2.24. The first-order valence-electron chi connectivity index (χ1n) is 9.87. The SMILES string of the molecule is Cc1cc(Nc2cc(NC3CCOCC3)nc(-c3ccc(N(C)C)cc3)n2)n[nH]1. The van der Waals surface area contributed by atoms with Crippen LogP contribution in [0.15, 0.2) is 36.4 Å². The Morgan fingerprint density at radius 1 is 1.00 bits per heavy atom. The van der Waals surface area contributed by atoms with E-state index in [1.165, 1.54) is 0 Å². The normalized spacial score (nSPS) is 14.6. The van der Waals surface area contributed by atoms with Gasteiger partial charge in [-0.2, -0.15) is 5.10 Å².